The van der Waals surface area contributed by atoms with Crippen molar-refractivity contribution in [3.8, 4) is 0 Å². The second kappa shape index (κ2) is 6.41. The van der Waals surface area contributed by atoms with Crippen LogP contribution in [0.25, 0.3) is 10.2 Å². The number of carbonyl (C=O) groups is 1. The molecular weight excluding hydrogens is 284 g/mol. The van der Waals surface area contributed by atoms with Gasteiger partial charge in [-0.15, -0.1) is 11.3 Å². The minimum Gasteiger partial charge on any atom is -0.397 e. The number of nitrogens with two attached hydrogens (primary N) is 1. The topological polar surface area (TPSA) is 71.2 Å². The summed E-state index contributed by atoms with van der Waals surface area (Å²) < 4.78 is 0. The van der Waals surface area contributed by atoms with Crippen LogP contribution in [0.5, 0.6) is 0 Å². The molecule has 0 saturated carbocycles. The van der Waals surface area contributed by atoms with Gasteiger partial charge in [0.05, 0.1) is 5.69 Å². The number of aromatic nitrogens is 1. The van der Waals surface area contributed by atoms with Crippen molar-refractivity contribution in [1.82, 2.24) is 15.2 Å². The number of nitrogens with zero attached hydrogens (tertiary/aromatic N) is 2. The maximum Gasteiger partial charge on any atom is 0.263 e. The normalized spacial score (nSPS) is 12.8. The molecule has 0 aromatic carbocycles. The number of hydrogen-bond acceptors (Lipinski definition) is 5. The third-order valence-electron chi connectivity index (χ3n) is 3.33. The zero-order chi connectivity index (χ0) is 15.6. The minimum atomic E-state index is -0.112. The lowest BCUT2D eigenvalue weighted by Crippen LogP contribution is -2.34. The Morgan fingerprint density at radius 1 is 1.48 bits per heavy atom. The first kappa shape index (κ1) is 15.7. The van der Waals surface area contributed by atoms with Gasteiger partial charge in [0.1, 0.15) is 9.71 Å². The first-order valence-electron chi connectivity index (χ1n) is 6.99. The molecule has 21 heavy (non-hydrogen) atoms. The molecule has 6 heteroatoms. The summed E-state index contributed by atoms with van der Waals surface area (Å²) in [5.74, 6) is -0.112. The van der Waals surface area contributed by atoms with E-state index in [9.17, 15) is 4.79 Å². The summed E-state index contributed by atoms with van der Waals surface area (Å²) >= 11 is 1.35. The zero-order valence-electron chi connectivity index (χ0n) is 12.9. The predicted octanol–water partition coefficient (Wildman–Crippen LogP) is 2.26. The molecule has 0 fully saturated rings. The molecule has 0 bridgehead atoms. The van der Waals surface area contributed by atoms with E-state index in [4.69, 9.17) is 5.73 Å². The number of carbonyl (C=O) groups excluding carboxylic acids is 1. The highest BCUT2D eigenvalue weighted by Crippen LogP contribution is 2.32. The van der Waals surface area contributed by atoms with Gasteiger partial charge < -0.3 is 16.0 Å². The molecule has 1 unspecified atom stereocenters. The van der Waals surface area contributed by atoms with E-state index in [0.717, 1.165) is 28.9 Å². The van der Waals surface area contributed by atoms with E-state index in [0.29, 0.717) is 10.6 Å². The first-order valence-corrected chi connectivity index (χ1v) is 7.81. The van der Waals surface area contributed by atoms with Crippen LogP contribution in [-0.2, 0) is 0 Å². The standard InChI is InChI=1S/C15H22N4OS/c1-9-5-6-11-12(16)13(21-15(11)18-9)14(20)17-10(2)7-8-19(3)4/h5-6,10H,7-8,16H2,1-4H3,(H,17,20). The molecule has 0 aliphatic heterocycles. The van der Waals surface area contributed by atoms with Crippen LogP contribution in [0, 0.1) is 6.92 Å². The van der Waals surface area contributed by atoms with Gasteiger partial charge >= 0.3 is 0 Å². The van der Waals surface area contributed by atoms with Crippen LogP contribution < -0.4 is 11.1 Å². The van der Waals surface area contributed by atoms with Gasteiger partial charge in [0.15, 0.2) is 0 Å². The maximum absolute atomic E-state index is 12.4. The molecule has 3 N–H and O–H groups in total. The first-order chi connectivity index (χ1) is 9.88. The Kier molecular flexibility index (Phi) is 4.80. The molecule has 2 aromatic heterocycles. The number of pyridine rings is 1. The summed E-state index contributed by atoms with van der Waals surface area (Å²) in [6, 6.07) is 3.95. The molecule has 1 amide bonds. The van der Waals surface area contributed by atoms with Crippen molar-refractivity contribution >= 4 is 33.1 Å². The van der Waals surface area contributed by atoms with Gasteiger partial charge in [0.25, 0.3) is 5.91 Å². The number of anilines is 1. The molecule has 0 aliphatic carbocycles. The highest BCUT2D eigenvalue weighted by atomic mass is 32.1. The van der Waals surface area contributed by atoms with Crippen LogP contribution in [0.1, 0.15) is 28.7 Å². The van der Waals surface area contributed by atoms with E-state index in [2.05, 4.69) is 15.2 Å². The third kappa shape index (κ3) is 3.71. The van der Waals surface area contributed by atoms with Crippen molar-refractivity contribution in [2.45, 2.75) is 26.3 Å². The lowest BCUT2D eigenvalue weighted by molar-refractivity contribution is 0.0942. The van der Waals surface area contributed by atoms with Gasteiger partial charge in [-0.3, -0.25) is 4.79 Å². The second-order valence-electron chi connectivity index (χ2n) is 5.62. The van der Waals surface area contributed by atoms with Crippen molar-refractivity contribution in [3.05, 3.63) is 22.7 Å². The van der Waals surface area contributed by atoms with Crippen LogP contribution in [0.2, 0.25) is 0 Å². The van der Waals surface area contributed by atoms with Gasteiger partial charge in [0, 0.05) is 17.1 Å². The summed E-state index contributed by atoms with van der Waals surface area (Å²) in [6.45, 7) is 4.87. The molecule has 1 atom stereocenters. The molecule has 0 saturated heterocycles. The molecule has 114 valence electrons. The summed E-state index contributed by atoms with van der Waals surface area (Å²) in [7, 11) is 4.04. The third-order valence-corrected chi connectivity index (χ3v) is 4.44. The number of amides is 1. The molecule has 2 heterocycles. The van der Waals surface area contributed by atoms with Crippen LogP contribution in [0.15, 0.2) is 12.1 Å². The number of hydrogen-bond donors (Lipinski definition) is 2. The van der Waals surface area contributed by atoms with Gasteiger partial charge in [-0.2, -0.15) is 0 Å². The Labute approximate surface area is 129 Å². The minimum absolute atomic E-state index is 0.110. The quantitative estimate of drug-likeness (QED) is 0.889. The number of aryl methyl sites for hydroxylation is 1. The van der Waals surface area contributed by atoms with Crippen molar-refractivity contribution in [2.24, 2.45) is 0 Å². The number of thiophene rings is 1. The fourth-order valence-corrected chi connectivity index (χ4v) is 3.11. The SMILES string of the molecule is Cc1ccc2c(N)c(C(=O)NC(C)CCN(C)C)sc2n1. The zero-order valence-corrected chi connectivity index (χ0v) is 13.8. The Hall–Kier alpha value is -1.66. The second-order valence-corrected chi connectivity index (χ2v) is 6.62. The summed E-state index contributed by atoms with van der Waals surface area (Å²) in [6.07, 6.45) is 0.904. The average molecular weight is 306 g/mol. The highest BCUT2D eigenvalue weighted by Gasteiger charge is 2.18. The molecule has 2 aromatic rings. The monoisotopic (exact) mass is 306 g/mol. The van der Waals surface area contributed by atoms with Crippen LogP contribution in [0.4, 0.5) is 5.69 Å². The largest absolute Gasteiger partial charge is 0.397 e. The van der Waals surface area contributed by atoms with Crippen molar-refractivity contribution < 1.29 is 4.79 Å². The molecule has 0 spiro atoms. The molecule has 5 nitrogen and oxygen atoms in total. The molecular formula is C15H22N4OS. The van der Waals surface area contributed by atoms with E-state index in [1.165, 1.54) is 11.3 Å². The summed E-state index contributed by atoms with van der Waals surface area (Å²) in [5, 5.41) is 3.86. The Morgan fingerprint density at radius 2 is 2.19 bits per heavy atom. The molecule has 2 rings (SSSR count). The predicted molar refractivity (Wildman–Crippen MR) is 88.9 cm³/mol. The van der Waals surface area contributed by atoms with E-state index < -0.39 is 0 Å². The number of nitrogens with one attached hydrogen (secondary N) is 1. The fraction of sp³-hybridized carbons (Fsp3) is 0.467. The van der Waals surface area contributed by atoms with Gasteiger partial charge in [-0.25, -0.2) is 4.98 Å². The summed E-state index contributed by atoms with van der Waals surface area (Å²) in [4.78, 5) is 20.3. The van der Waals surface area contributed by atoms with Crippen molar-refractivity contribution in [3.63, 3.8) is 0 Å². The van der Waals surface area contributed by atoms with Gasteiger partial charge in [-0.1, -0.05) is 0 Å². The lowest BCUT2D eigenvalue weighted by atomic mass is 10.2. The maximum atomic E-state index is 12.4. The number of nitrogen functional groups attached to an aromatic ring is 1. The van der Waals surface area contributed by atoms with Gasteiger partial charge in [0.2, 0.25) is 0 Å². The van der Waals surface area contributed by atoms with Gasteiger partial charge in [-0.05, 0) is 53.0 Å². The van der Waals surface area contributed by atoms with Crippen LogP contribution in [-0.4, -0.2) is 42.5 Å². The fourth-order valence-electron chi connectivity index (χ4n) is 2.07. The number of rotatable bonds is 5. The Bertz CT molecular complexity index is 650. The van der Waals surface area contributed by atoms with E-state index in [1.54, 1.807) is 0 Å². The highest BCUT2D eigenvalue weighted by molar-refractivity contribution is 7.21. The van der Waals surface area contributed by atoms with Crippen LogP contribution >= 0.6 is 11.3 Å². The van der Waals surface area contributed by atoms with Crippen molar-refractivity contribution in [1.29, 1.82) is 0 Å². The number of fused-ring (bicyclic) bond motifs is 1. The Morgan fingerprint density at radius 3 is 2.86 bits per heavy atom. The average Bonchev–Trinajstić information content (AvgIpc) is 2.73. The summed E-state index contributed by atoms with van der Waals surface area (Å²) in [5.41, 5.74) is 7.54. The van der Waals surface area contributed by atoms with E-state index >= 15 is 0 Å². The lowest BCUT2D eigenvalue weighted by Gasteiger charge is -2.16. The Balaban J connectivity index is 2.14. The van der Waals surface area contributed by atoms with Crippen molar-refractivity contribution in [2.75, 3.05) is 26.4 Å². The molecule has 0 aliphatic rings. The van der Waals surface area contributed by atoms with E-state index in [1.807, 2.05) is 40.1 Å². The molecule has 0 radical (unpaired) electrons. The van der Waals surface area contributed by atoms with Crippen LogP contribution in [0.3, 0.4) is 0 Å². The van der Waals surface area contributed by atoms with E-state index in [-0.39, 0.29) is 11.9 Å². The smallest absolute Gasteiger partial charge is 0.263 e.